The molecule has 0 saturated heterocycles. The number of pyridine rings is 1. The first-order valence-electron chi connectivity index (χ1n) is 7.72. The number of hydrogen-bond acceptors (Lipinski definition) is 5. The molecule has 23 heavy (non-hydrogen) atoms. The number of nitrogens with zero attached hydrogens (tertiary/aromatic N) is 1. The normalized spacial score (nSPS) is 16.9. The van der Waals surface area contributed by atoms with Gasteiger partial charge in [0.15, 0.2) is 10.6 Å². The summed E-state index contributed by atoms with van der Waals surface area (Å²) in [5.74, 6) is 1.12. The number of nitrogens with one attached hydrogen (secondary N) is 2. The van der Waals surface area contributed by atoms with Gasteiger partial charge < -0.3 is 15.0 Å². The van der Waals surface area contributed by atoms with Gasteiger partial charge in [0.1, 0.15) is 5.76 Å². The van der Waals surface area contributed by atoms with Crippen LogP contribution in [0.3, 0.4) is 0 Å². The molecule has 2 heterocycles. The van der Waals surface area contributed by atoms with E-state index in [2.05, 4.69) is 36.1 Å². The fraction of sp³-hybridized carbons (Fsp3) is 0.412. The molecule has 3 rings (SSSR count). The van der Waals surface area contributed by atoms with Gasteiger partial charge in [-0.25, -0.2) is 4.98 Å². The number of ether oxygens (including phenoxy) is 1. The number of H-pyrrole nitrogens is 1. The number of anilines is 1. The van der Waals surface area contributed by atoms with Crippen molar-refractivity contribution >= 4 is 22.5 Å². The van der Waals surface area contributed by atoms with Crippen LogP contribution < -0.4 is 10.7 Å². The van der Waals surface area contributed by atoms with Crippen LogP contribution in [0.4, 0.5) is 5.13 Å². The molecular formula is C17H21N3O2S. The van der Waals surface area contributed by atoms with Gasteiger partial charge in [-0.15, -0.1) is 11.3 Å². The fourth-order valence-corrected chi connectivity index (χ4v) is 3.60. The highest BCUT2D eigenvalue weighted by molar-refractivity contribution is 7.14. The largest absolute Gasteiger partial charge is 0.501 e. The molecule has 0 aliphatic heterocycles. The lowest BCUT2D eigenvalue weighted by molar-refractivity contribution is 0.248. The first-order valence-corrected chi connectivity index (χ1v) is 8.60. The predicted molar refractivity (Wildman–Crippen MR) is 94.8 cm³/mol. The Hall–Kier alpha value is -2.08. The van der Waals surface area contributed by atoms with Crippen LogP contribution in [-0.4, -0.2) is 23.1 Å². The molecule has 0 aromatic carbocycles. The zero-order valence-corrected chi connectivity index (χ0v) is 14.6. The molecule has 1 aliphatic carbocycles. The topological polar surface area (TPSA) is 67.0 Å². The zero-order valence-electron chi connectivity index (χ0n) is 13.8. The van der Waals surface area contributed by atoms with E-state index in [1.165, 1.54) is 11.3 Å². The van der Waals surface area contributed by atoms with Crippen molar-refractivity contribution in [2.75, 3.05) is 12.4 Å². The monoisotopic (exact) mass is 331 g/mol. The van der Waals surface area contributed by atoms with Crippen LogP contribution in [0.2, 0.25) is 0 Å². The molecule has 1 aliphatic rings. The third kappa shape index (κ3) is 3.17. The van der Waals surface area contributed by atoms with Gasteiger partial charge in [0.2, 0.25) is 0 Å². The molecule has 0 saturated carbocycles. The Morgan fingerprint density at radius 2 is 2.26 bits per heavy atom. The van der Waals surface area contributed by atoms with Gasteiger partial charge in [0.25, 0.3) is 0 Å². The first kappa shape index (κ1) is 15.8. The number of hydrogen-bond donors (Lipinski definition) is 2. The van der Waals surface area contributed by atoms with E-state index < -0.39 is 0 Å². The van der Waals surface area contributed by atoms with Crippen LogP contribution in [-0.2, 0) is 11.2 Å². The SMILES string of the molecule is COC1=Cc2[nH]c(-c3csc(NC(C)C)n3)cc(=O)c2CC1C. The molecule has 1 atom stereocenters. The van der Waals surface area contributed by atoms with Crippen LogP contribution in [0.5, 0.6) is 0 Å². The summed E-state index contributed by atoms with van der Waals surface area (Å²) in [6.45, 7) is 6.20. The maximum atomic E-state index is 12.5. The Balaban J connectivity index is 2.01. The van der Waals surface area contributed by atoms with Crippen LogP contribution in [0, 0.1) is 5.92 Å². The van der Waals surface area contributed by atoms with E-state index >= 15 is 0 Å². The van der Waals surface area contributed by atoms with Crippen molar-refractivity contribution in [3.05, 3.63) is 38.7 Å². The Morgan fingerprint density at radius 3 is 2.96 bits per heavy atom. The summed E-state index contributed by atoms with van der Waals surface area (Å²) in [6.07, 6.45) is 2.62. The number of aromatic amines is 1. The van der Waals surface area contributed by atoms with Crippen molar-refractivity contribution in [3.63, 3.8) is 0 Å². The summed E-state index contributed by atoms with van der Waals surface area (Å²) >= 11 is 1.54. The lowest BCUT2D eigenvalue weighted by Crippen LogP contribution is -2.21. The van der Waals surface area contributed by atoms with E-state index in [9.17, 15) is 4.79 Å². The first-order chi connectivity index (χ1) is 11.0. The molecule has 2 aromatic rings. The van der Waals surface area contributed by atoms with Gasteiger partial charge in [-0.2, -0.15) is 0 Å². The standard InChI is InChI=1S/C17H21N3O2S/c1-9(2)18-17-20-14(8-23-17)13-6-15(21)11-5-10(3)16(22-4)7-12(11)19-13/h6-10H,5H2,1-4H3,(H,18,20)(H,19,21). The minimum Gasteiger partial charge on any atom is -0.501 e. The molecule has 0 amide bonds. The van der Waals surface area contributed by atoms with Crippen molar-refractivity contribution in [1.29, 1.82) is 0 Å². The number of aromatic nitrogens is 2. The number of methoxy groups -OCH3 is 1. The highest BCUT2D eigenvalue weighted by Gasteiger charge is 2.22. The molecule has 5 nitrogen and oxygen atoms in total. The number of allylic oxidation sites excluding steroid dienone is 1. The molecular weight excluding hydrogens is 310 g/mol. The highest BCUT2D eigenvalue weighted by atomic mass is 32.1. The van der Waals surface area contributed by atoms with Crippen molar-refractivity contribution in [3.8, 4) is 11.4 Å². The highest BCUT2D eigenvalue weighted by Crippen LogP contribution is 2.29. The second-order valence-electron chi connectivity index (χ2n) is 6.13. The second kappa shape index (κ2) is 6.20. The third-order valence-corrected chi connectivity index (χ3v) is 4.65. The van der Waals surface area contributed by atoms with E-state index in [1.807, 2.05) is 11.5 Å². The van der Waals surface area contributed by atoms with Gasteiger partial charge in [0, 0.05) is 40.7 Å². The molecule has 0 bridgehead atoms. The van der Waals surface area contributed by atoms with Crippen molar-refractivity contribution < 1.29 is 4.74 Å². The quantitative estimate of drug-likeness (QED) is 0.900. The lowest BCUT2D eigenvalue weighted by atomic mass is 9.91. The molecule has 0 radical (unpaired) electrons. The van der Waals surface area contributed by atoms with Crippen LogP contribution in [0.1, 0.15) is 32.0 Å². The third-order valence-electron chi connectivity index (χ3n) is 3.88. The molecule has 2 N–H and O–H groups in total. The molecule has 122 valence electrons. The molecule has 0 fully saturated rings. The van der Waals surface area contributed by atoms with Crippen LogP contribution in [0.15, 0.2) is 22.0 Å². The summed E-state index contributed by atoms with van der Waals surface area (Å²) in [7, 11) is 1.67. The van der Waals surface area contributed by atoms with Crippen molar-refractivity contribution in [1.82, 2.24) is 9.97 Å². The minimum atomic E-state index is 0.0540. The average molecular weight is 331 g/mol. The summed E-state index contributed by atoms with van der Waals surface area (Å²) in [5.41, 5.74) is 3.22. The summed E-state index contributed by atoms with van der Waals surface area (Å²) in [6, 6.07) is 1.97. The number of rotatable bonds is 4. The molecule has 1 unspecified atom stereocenters. The van der Waals surface area contributed by atoms with Gasteiger partial charge in [-0.05, 0) is 20.3 Å². The van der Waals surface area contributed by atoms with Gasteiger partial charge >= 0.3 is 0 Å². The lowest BCUT2D eigenvalue weighted by Gasteiger charge is -2.21. The fourth-order valence-electron chi connectivity index (χ4n) is 2.74. The average Bonchev–Trinajstić information content (AvgIpc) is 2.95. The minimum absolute atomic E-state index is 0.0540. The maximum absolute atomic E-state index is 12.5. The summed E-state index contributed by atoms with van der Waals surface area (Å²) in [5, 5.41) is 6.09. The maximum Gasteiger partial charge on any atom is 0.186 e. The van der Waals surface area contributed by atoms with E-state index in [0.717, 1.165) is 33.5 Å². The second-order valence-corrected chi connectivity index (χ2v) is 6.99. The van der Waals surface area contributed by atoms with Crippen LogP contribution >= 0.6 is 11.3 Å². The molecule has 2 aromatic heterocycles. The van der Waals surface area contributed by atoms with Gasteiger partial charge in [-0.3, -0.25) is 4.79 Å². The summed E-state index contributed by atoms with van der Waals surface area (Å²) < 4.78 is 5.41. The van der Waals surface area contributed by atoms with Crippen molar-refractivity contribution in [2.45, 2.75) is 33.2 Å². The number of thiazole rings is 1. The smallest absolute Gasteiger partial charge is 0.186 e. The molecule has 6 heteroatoms. The van der Waals surface area contributed by atoms with E-state index in [-0.39, 0.29) is 11.3 Å². The van der Waals surface area contributed by atoms with Gasteiger partial charge in [0.05, 0.1) is 18.5 Å². The van der Waals surface area contributed by atoms with Crippen LogP contribution in [0.25, 0.3) is 17.5 Å². The Bertz CT molecular complexity index is 804. The van der Waals surface area contributed by atoms with E-state index in [0.29, 0.717) is 12.5 Å². The Labute approximate surface area is 139 Å². The zero-order chi connectivity index (χ0) is 16.6. The van der Waals surface area contributed by atoms with Gasteiger partial charge in [-0.1, -0.05) is 6.92 Å². The van der Waals surface area contributed by atoms with E-state index in [1.54, 1.807) is 13.2 Å². The van der Waals surface area contributed by atoms with E-state index in [4.69, 9.17) is 4.74 Å². The summed E-state index contributed by atoms with van der Waals surface area (Å²) in [4.78, 5) is 20.3. The number of fused-ring (bicyclic) bond motifs is 1. The Kier molecular flexibility index (Phi) is 4.26. The molecule has 0 spiro atoms. The predicted octanol–water partition coefficient (Wildman–Crippen LogP) is 3.50. The Morgan fingerprint density at radius 1 is 1.48 bits per heavy atom. The van der Waals surface area contributed by atoms with Crippen molar-refractivity contribution in [2.24, 2.45) is 5.92 Å².